The van der Waals surface area contributed by atoms with Gasteiger partial charge in [0.15, 0.2) is 5.69 Å². The Kier molecular flexibility index (Phi) is 8.37. The smallest absolute Gasteiger partial charge is 0.330 e. The molecule has 3 rings (SSSR count). The Hall–Kier alpha value is -3.01. The number of anilines is 2. The molecule has 8 nitrogen and oxygen atoms in total. The number of hydrogen-bond acceptors (Lipinski definition) is 6. The lowest BCUT2D eigenvalue weighted by molar-refractivity contribution is -0.118. The number of nitrogens with two attached hydrogens (primary N) is 1. The predicted molar refractivity (Wildman–Crippen MR) is 132 cm³/mol. The van der Waals surface area contributed by atoms with E-state index in [1.165, 1.54) is 28.3 Å². The molecule has 1 heterocycles. The van der Waals surface area contributed by atoms with Crippen LogP contribution in [0, 0.1) is 0 Å². The molecule has 0 bridgehead atoms. The average molecular weight is 489 g/mol. The van der Waals surface area contributed by atoms with Crippen LogP contribution in [0.4, 0.5) is 11.5 Å². The number of aromatic nitrogens is 2. The number of methoxy groups -OCH3 is 1. The molecule has 0 aliphatic carbocycles. The lowest BCUT2D eigenvalue weighted by atomic mass is 10.2. The van der Waals surface area contributed by atoms with E-state index >= 15 is 0 Å². The SMILES string of the molecule is COCCn1c(N)c(N(Cc2ccccc2)C(=O)C(C)Sc2ccc(Cl)cc2)c(=O)[nH]c1=O. The van der Waals surface area contributed by atoms with Gasteiger partial charge in [-0.05, 0) is 36.8 Å². The van der Waals surface area contributed by atoms with Gasteiger partial charge in [0, 0.05) is 17.0 Å². The summed E-state index contributed by atoms with van der Waals surface area (Å²) in [5.41, 5.74) is 5.62. The third kappa shape index (κ3) is 6.07. The summed E-state index contributed by atoms with van der Waals surface area (Å²) < 4.78 is 6.24. The number of hydrogen-bond donors (Lipinski definition) is 2. The first kappa shape index (κ1) is 24.6. The van der Waals surface area contributed by atoms with Gasteiger partial charge in [-0.25, -0.2) is 4.79 Å². The molecular formula is C23H25ClN4O4S. The number of nitrogens with one attached hydrogen (secondary N) is 1. The lowest BCUT2D eigenvalue weighted by Gasteiger charge is -2.27. The standard InChI is InChI=1S/C23H25ClN4O4S/c1-15(33-18-10-8-17(24)9-11-18)22(30)28(14-16-6-4-3-5-7-16)19-20(25)27(12-13-32-2)23(31)26-21(19)29/h3-11,15H,12-14,25H2,1-2H3,(H,26,29,31). The van der Waals surface area contributed by atoms with Gasteiger partial charge < -0.3 is 10.5 Å². The fourth-order valence-electron chi connectivity index (χ4n) is 3.26. The topological polar surface area (TPSA) is 110 Å². The normalized spacial score (nSPS) is 11.8. The van der Waals surface area contributed by atoms with Crippen molar-refractivity contribution >= 4 is 40.8 Å². The van der Waals surface area contributed by atoms with Crippen LogP contribution in [-0.4, -0.2) is 34.4 Å². The van der Waals surface area contributed by atoms with Gasteiger partial charge in [0.1, 0.15) is 5.82 Å². The van der Waals surface area contributed by atoms with Crippen LogP contribution in [0.2, 0.25) is 5.02 Å². The molecule has 33 heavy (non-hydrogen) atoms. The molecule has 0 aliphatic heterocycles. The Balaban J connectivity index is 2.03. The lowest BCUT2D eigenvalue weighted by Crippen LogP contribution is -2.43. The van der Waals surface area contributed by atoms with Crippen molar-refractivity contribution in [2.75, 3.05) is 24.4 Å². The average Bonchev–Trinajstić information content (AvgIpc) is 2.79. The number of amides is 1. The van der Waals surface area contributed by atoms with E-state index in [9.17, 15) is 14.4 Å². The van der Waals surface area contributed by atoms with Crippen LogP contribution in [0.5, 0.6) is 0 Å². The van der Waals surface area contributed by atoms with Crippen LogP contribution in [-0.2, 0) is 22.6 Å². The summed E-state index contributed by atoms with van der Waals surface area (Å²) >= 11 is 7.29. The van der Waals surface area contributed by atoms with Crippen molar-refractivity contribution in [3.05, 3.63) is 86.0 Å². The molecule has 174 valence electrons. The molecule has 10 heteroatoms. The largest absolute Gasteiger partial charge is 0.383 e. The molecule has 0 aliphatic rings. The van der Waals surface area contributed by atoms with Gasteiger partial charge in [0.2, 0.25) is 5.91 Å². The van der Waals surface area contributed by atoms with E-state index in [0.29, 0.717) is 5.02 Å². The monoisotopic (exact) mass is 488 g/mol. The number of H-pyrrole nitrogens is 1. The van der Waals surface area contributed by atoms with Gasteiger partial charge in [0.25, 0.3) is 5.56 Å². The zero-order valence-electron chi connectivity index (χ0n) is 18.3. The number of carbonyl (C=O) groups excluding carboxylic acids is 1. The highest BCUT2D eigenvalue weighted by Crippen LogP contribution is 2.28. The minimum atomic E-state index is -0.723. The van der Waals surface area contributed by atoms with Gasteiger partial charge in [-0.3, -0.25) is 24.0 Å². The zero-order chi connectivity index (χ0) is 24.0. The predicted octanol–water partition coefficient (Wildman–Crippen LogP) is 3.13. The quantitative estimate of drug-likeness (QED) is 0.448. The van der Waals surface area contributed by atoms with Crippen molar-refractivity contribution in [3.63, 3.8) is 0 Å². The maximum absolute atomic E-state index is 13.6. The molecule has 0 fully saturated rings. The number of aromatic amines is 1. The third-order valence-corrected chi connectivity index (χ3v) is 6.28. The highest BCUT2D eigenvalue weighted by Gasteiger charge is 2.28. The van der Waals surface area contributed by atoms with E-state index in [-0.39, 0.29) is 37.1 Å². The van der Waals surface area contributed by atoms with Crippen molar-refractivity contribution in [2.45, 2.75) is 30.2 Å². The number of carbonyl (C=O) groups is 1. The number of thioether (sulfide) groups is 1. The summed E-state index contributed by atoms with van der Waals surface area (Å²) in [7, 11) is 1.49. The Morgan fingerprint density at radius 1 is 1.18 bits per heavy atom. The van der Waals surface area contributed by atoms with Gasteiger partial charge in [-0.2, -0.15) is 0 Å². The van der Waals surface area contributed by atoms with E-state index in [4.69, 9.17) is 22.1 Å². The molecule has 0 spiro atoms. The van der Waals surface area contributed by atoms with Crippen molar-refractivity contribution in [2.24, 2.45) is 0 Å². The summed E-state index contributed by atoms with van der Waals surface area (Å²) in [6, 6.07) is 16.4. The summed E-state index contributed by atoms with van der Waals surface area (Å²) in [6.45, 7) is 2.21. The molecular weight excluding hydrogens is 464 g/mol. The van der Waals surface area contributed by atoms with Gasteiger partial charge in [0.05, 0.1) is 24.9 Å². The van der Waals surface area contributed by atoms with E-state index in [0.717, 1.165) is 10.5 Å². The van der Waals surface area contributed by atoms with Crippen LogP contribution in [0.25, 0.3) is 0 Å². The molecule has 1 aromatic heterocycles. The maximum atomic E-state index is 13.6. The number of nitrogen functional groups attached to an aromatic ring is 1. The second kappa shape index (κ2) is 11.2. The molecule has 1 unspecified atom stereocenters. The maximum Gasteiger partial charge on any atom is 0.330 e. The number of rotatable bonds is 9. The van der Waals surface area contributed by atoms with Crippen molar-refractivity contribution in [1.29, 1.82) is 0 Å². The van der Waals surface area contributed by atoms with Crippen molar-refractivity contribution in [3.8, 4) is 0 Å². The number of ether oxygens (including phenoxy) is 1. The Labute approximate surface area is 200 Å². The summed E-state index contributed by atoms with van der Waals surface area (Å²) in [6.07, 6.45) is 0. The third-order valence-electron chi connectivity index (χ3n) is 4.93. The molecule has 1 atom stereocenters. The highest BCUT2D eigenvalue weighted by molar-refractivity contribution is 8.00. The Morgan fingerprint density at radius 3 is 2.48 bits per heavy atom. The Bertz CT molecular complexity index is 1210. The first-order valence-corrected chi connectivity index (χ1v) is 11.5. The van der Waals surface area contributed by atoms with Crippen LogP contribution >= 0.6 is 23.4 Å². The fraction of sp³-hybridized carbons (Fsp3) is 0.261. The molecule has 2 aromatic carbocycles. The molecule has 0 saturated heterocycles. The van der Waals surface area contributed by atoms with E-state index < -0.39 is 16.5 Å². The van der Waals surface area contributed by atoms with E-state index in [2.05, 4.69) is 4.98 Å². The van der Waals surface area contributed by atoms with Crippen molar-refractivity contribution in [1.82, 2.24) is 9.55 Å². The first-order chi connectivity index (χ1) is 15.8. The van der Waals surface area contributed by atoms with Gasteiger partial charge >= 0.3 is 5.69 Å². The van der Waals surface area contributed by atoms with Crippen LogP contribution in [0.3, 0.4) is 0 Å². The highest BCUT2D eigenvalue weighted by atomic mass is 35.5. The first-order valence-electron chi connectivity index (χ1n) is 10.2. The minimum absolute atomic E-state index is 0.0666. The number of benzene rings is 2. The summed E-state index contributed by atoms with van der Waals surface area (Å²) in [5.74, 6) is -0.415. The molecule has 0 radical (unpaired) electrons. The second-order valence-corrected chi connectivity index (χ2v) is 9.11. The number of nitrogens with zero attached hydrogens (tertiary/aromatic N) is 2. The van der Waals surface area contributed by atoms with Crippen LogP contribution in [0.15, 0.2) is 69.1 Å². The van der Waals surface area contributed by atoms with Crippen LogP contribution in [0.1, 0.15) is 12.5 Å². The van der Waals surface area contributed by atoms with Crippen LogP contribution < -0.4 is 21.9 Å². The van der Waals surface area contributed by atoms with E-state index in [1.54, 1.807) is 19.1 Å². The minimum Gasteiger partial charge on any atom is -0.383 e. The molecule has 3 aromatic rings. The summed E-state index contributed by atoms with van der Waals surface area (Å²) in [5, 5.41) is 0.0506. The number of halogens is 1. The summed E-state index contributed by atoms with van der Waals surface area (Å²) in [4.78, 5) is 43.2. The molecule has 3 N–H and O–H groups in total. The van der Waals surface area contributed by atoms with Gasteiger partial charge in [-0.1, -0.05) is 41.9 Å². The zero-order valence-corrected chi connectivity index (χ0v) is 19.9. The van der Waals surface area contributed by atoms with Crippen molar-refractivity contribution < 1.29 is 9.53 Å². The van der Waals surface area contributed by atoms with E-state index in [1.807, 2.05) is 42.5 Å². The van der Waals surface area contributed by atoms with Gasteiger partial charge in [-0.15, -0.1) is 11.8 Å². The molecule has 1 amide bonds. The Morgan fingerprint density at radius 2 is 1.85 bits per heavy atom. The molecule has 0 saturated carbocycles. The second-order valence-electron chi connectivity index (χ2n) is 7.26. The fourth-order valence-corrected chi connectivity index (χ4v) is 4.32.